The van der Waals surface area contributed by atoms with Gasteiger partial charge in [-0.05, 0) is 26.2 Å². The van der Waals surface area contributed by atoms with E-state index in [2.05, 4.69) is 9.46 Å². The Morgan fingerprint density at radius 2 is 2.00 bits per heavy atom. The molecule has 9 heteroatoms. The summed E-state index contributed by atoms with van der Waals surface area (Å²) < 4.78 is 31.5. The second-order valence-electron chi connectivity index (χ2n) is 4.13. The smallest absolute Gasteiger partial charge is 0.421 e. The van der Waals surface area contributed by atoms with Crippen LogP contribution >= 0.6 is 0 Å². The van der Waals surface area contributed by atoms with Crippen LogP contribution in [0.2, 0.25) is 0 Å². The second kappa shape index (κ2) is 5.53. The number of hydrogen-bond acceptors (Lipinski definition) is 5. The predicted octanol–water partition coefficient (Wildman–Crippen LogP) is -0.0357. The Hall–Kier alpha value is -1.35. The average Bonchev–Trinajstić information content (AvgIpc) is 2.12. The lowest BCUT2D eigenvalue weighted by Crippen LogP contribution is -2.58. The Morgan fingerprint density at radius 3 is 2.39 bits per heavy atom. The number of nitrogens with one attached hydrogen (secondary N) is 2. The summed E-state index contributed by atoms with van der Waals surface area (Å²) in [6, 6.07) is 0. The fraction of sp³-hybridized carbons (Fsp3) is 0.778. The molecule has 0 heterocycles. The van der Waals surface area contributed by atoms with Gasteiger partial charge in [0.05, 0.1) is 13.0 Å². The van der Waals surface area contributed by atoms with E-state index in [0.29, 0.717) is 12.8 Å². The summed E-state index contributed by atoms with van der Waals surface area (Å²) in [5.74, 6) is -1.09. The zero-order valence-electron chi connectivity index (χ0n) is 9.93. The number of carbonyl (C=O) groups excluding carboxylic acids is 1. The summed E-state index contributed by atoms with van der Waals surface area (Å²) in [5.41, 5.74) is -0.996. The molecule has 0 atom stereocenters. The van der Waals surface area contributed by atoms with Crippen molar-refractivity contribution in [3.05, 3.63) is 0 Å². The highest BCUT2D eigenvalue weighted by Crippen LogP contribution is 2.35. The van der Waals surface area contributed by atoms with Crippen LogP contribution in [-0.2, 0) is 19.7 Å². The fourth-order valence-corrected chi connectivity index (χ4v) is 2.96. The molecule has 1 saturated carbocycles. The van der Waals surface area contributed by atoms with Gasteiger partial charge in [0.1, 0.15) is 0 Å². The molecule has 104 valence electrons. The number of rotatable bonds is 6. The van der Waals surface area contributed by atoms with E-state index in [0.717, 1.165) is 6.42 Å². The van der Waals surface area contributed by atoms with Crippen LogP contribution < -0.4 is 9.44 Å². The van der Waals surface area contributed by atoms with Gasteiger partial charge in [-0.3, -0.25) is 4.79 Å². The van der Waals surface area contributed by atoms with Crippen molar-refractivity contribution in [2.75, 3.05) is 6.61 Å². The van der Waals surface area contributed by atoms with Crippen molar-refractivity contribution in [2.45, 2.75) is 38.1 Å². The molecule has 1 fully saturated rings. The van der Waals surface area contributed by atoms with Crippen LogP contribution in [0.1, 0.15) is 32.6 Å². The quantitative estimate of drug-likeness (QED) is 0.627. The van der Waals surface area contributed by atoms with Crippen molar-refractivity contribution >= 4 is 22.3 Å². The molecule has 1 rings (SSSR count). The average molecular weight is 280 g/mol. The Morgan fingerprint density at radius 1 is 1.39 bits per heavy atom. The molecule has 0 radical (unpaired) electrons. The van der Waals surface area contributed by atoms with E-state index in [4.69, 9.17) is 5.11 Å². The van der Waals surface area contributed by atoms with Gasteiger partial charge in [-0.2, -0.15) is 13.1 Å². The van der Waals surface area contributed by atoms with Crippen LogP contribution in [0.4, 0.5) is 4.79 Å². The summed E-state index contributed by atoms with van der Waals surface area (Å²) in [5, 5.41) is 8.73. The number of ether oxygens (including phenoxy) is 1. The third-order valence-corrected chi connectivity index (χ3v) is 3.78. The Balaban J connectivity index is 2.63. The lowest BCUT2D eigenvalue weighted by Gasteiger charge is -2.40. The predicted molar refractivity (Wildman–Crippen MR) is 61.0 cm³/mol. The molecule has 0 aromatic carbocycles. The first-order chi connectivity index (χ1) is 8.29. The zero-order valence-corrected chi connectivity index (χ0v) is 10.7. The van der Waals surface area contributed by atoms with Crippen LogP contribution in [-0.4, -0.2) is 37.7 Å². The minimum atomic E-state index is -4.11. The second-order valence-corrected chi connectivity index (χ2v) is 5.55. The minimum Gasteiger partial charge on any atom is -0.481 e. The number of hydrogen-bond donors (Lipinski definition) is 3. The Kier molecular flexibility index (Phi) is 4.52. The maximum absolute atomic E-state index is 11.6. The zero-order chi connectivity index (χ0) is 13.8. The first-order valence-corrected chi connectivity index (χ1v) is 6.97. The Bertz CT molecular complexity index is 428. The van der Waals surface area contributed by atoms with Crippen molar-refractivity contribution in [3.8, 4) is 0 Å². The lowest BCUT2D eigenvalue weighted by atomic mass is 9.75. The fourth-order valence-electron chi connectivity index (χ4n) is 1.79. The molecule has 1 aliphatic rings. The molecular weight excluding hydrogens is 264 g/mol. The van der Waals surface area contributed by atoms with E-state index >= 15 is 0 Å². The van der Waals surface area contributed by atoms with Crippen molar-refractivity contribution in [1.82, 2.24) is 9.44 Å². The van der Waals surface area contributed by atoms with Gasteiger partial charge < -0.3 is 9.84 Å². The molecule has 3 N–H and O–H groups in total. The van der Waals surface area contributed by atoms with Gasteiger partial charge in [0.15, 0.2) is 0 Å². The SMILES string of the molecule is CCOC(=O)NS(=O)(=O)NC1(CC(=O)O)CCC1. The molecule has 0 aromatic rings. The molecular formula is C9H16N2O6S. The lowest BCUT2D eigenvalue weighted by molar-refractivity contribution is -0.139. The van der Waals surface area contributed by atoms with Crippen LogP contribution in [0, 0.1) is 0 Å². The first kappa shape index (κ1) is 14.7. The van der Waals surface area contributed by atoms with Gasteiger partial charge in [0.25, 0.3) is 0 Å². The van der Waals surface area contributed by atoms with E-state index < -0.39 is 27.8 Å². The van der Waals surface area contributed by atoms with Crippen LogP contribution in [0.25, 0.3) is 0 Å². The molecule has 0 saturated heterocycles. The van der Waals surface area contributed by atoms with E-state index in [-0.39, 0.29) is 13.0 Å². The molecule has 8 nitrogen and oxygen atoms in total. The number of carboxylic acids is 1. The standard InChI is InChI=1S/C9H16N2O6S/c1-2-17-8(14)10-18(15,16)11-9(4-3-5-9)6-7(12)13/h11H,2-6H2,1H3,(H,10,14)(H,12,13). The summed E-state index contributed by atoms with van der Waals surface area (Å²) in [6.07, 6.45) is 0.215. The third-order valence-electron chi connectivity index (χ3n) is 2.64. The van der Waals surface area contributed by atoms with Crippen LogP contribution in [0.5, 0.6) is 0 Å². The van der Waals surface area contributed by atoms with Gasteiger partial charge in [-0.25, -0.2) is 9.52 Å². The molecule has 18 heavy (non-hydrogen) atoms. The van der Waals surface area contributed by atoms with E-state index in [1.165, 1.54) is 6.92 Å². The van der Waals surface area contributed by atoms with Gasteiger partial charge in [-0.15, -0.1) is 0 Å². The molecule has 0 aromatic heterocycles. The summed E-state index contributed by atoms with van der Waals surface area (Å²) in [7, 11) is -4.11. The van der Waals surface area contributed by atoms with Gasteiger partial charge in [-0.1, -0.05) is 0 Å². The van der Waals surface area contributed by atoms with E-state index in [1.54, 1.807) is 4.72 Å². The van der Waals surface area contributed by atoms with Crippen molar-refractivity contribution in [1.29, 1.82) is 0 Å². The molecule has 1 aliphatic carbocycles. The summed E-state index contributed by atoms with van der Waals surface area (Å²) >= 11 is 0. The van der Waals surface area contributed by atoms with Crippen LogP contribution in [0.15, 0.2) is 0 Å². The monoisotopic (exact) mass is 280 g/mol. The number of aliphatic carboxylic acids is 1. The minimum absolute atomic E-state index is 0.0433. The molecule has 0 aliphatic heterocycles. The first-order valence-electron chi connectivity index (χ1n) is 5.49. The maximum Gasteiger partial charge on any atom is 0.421 e. The van der Waals surface area contributed by atoms with E-state index in [9.17, 15) is 18.0 Å². The molecule has 1 amide bonds. The largest absolute Gasteiger partial charge is 0.481 e. The van der Waals surface area contributed by atoms with Gasteiger partial charge in [0.2, 0.25) is 0 Å². The molecule has 0 spiro atoms. The normalized spacial score (nSPS) is 17.6. The highest BCUT2D eigenvalue weighted by Gasteiger charge is 2.42. The molecule has 0 bridgehead atoms. The van der Waals surface area contributed by atoms with Crippen molar-refractivity contribution in [3.63, 3.8) is 0 Å². The number of carboxylic acid groups (broad SMARTS) is 1. The third kappa shape index (κ3) is 4.15. The van der Waals surface area contributed by atoms with Crippen molar-refractivity contribution < 1.29 is 27.9 Å². The van der Waals surface area contributed by atoms with Crippen LogP contribution in [0.3, 0.4) is 0 Å². The van der Waals surface area contributed by atoms with Crippen molar-refractivity contribution in [2.24, 2.45) is 0 Å². The molecule has 0 unspecified atom stereocenters. The topological polar surface area (TPSA) is 122 Å². The van der Waals surface area contributed by atoms with E-state index in [1.807, 2.05) is 0 Å². The summed E-state index contributed by atoms with van der Waals surface area (Å²) in [4.78, 5) is 21.7. The number of amides is 1. The highest BCUT2D eigenvalue weighted by atomic mass is 32.2. The Labute approximate surface area is 105 Å². The highest BCUT2D eigenvalue weighted by molar-refractivity contribution is 7.88. The van der Waals surface area contributed by atoms with Gasteiger partial charge in [0, 0.05) is 5.54 Å². The maximum atomic E-state index is 11.6. The van der Waals surface area contributed by atoms with Gasteiger partial charge >= 0.3 is 22.3 Å². The summed E-state index contributed by atoms with van der Waals surface area (Å²) in [6.45, 7) is 1.58. The number of carbonyl (C=O) groups is 2.